The molecule has 10 heteroatoms. The molecular formula is C20H19F3N6O. The third-order valence-corrected chi connectivity index (χ3v) is 5.58. The van der Waals surface area contributed by atoms with Crippen LogP contribution >= 0.6 is 0 Å². The lowest BCUT2D eigenvalue weighted by atomic mass is 10.0. The molecule has 30 heavy (non-hydrogen) atoms. The zero-order valence-electron chi connectivity index (χ0n) is 16.0. The van der Waals surface area contributed by atoms with Gasteiger partial charge in [-0.1, -0.05) is 0 Å². The van der Waals surface area contributed by atoms with Gasteiger partial charge in [-0.25, -0.2) is 0 Å². The average molecular weight is 416 g/mol. The smallest absolute Gasteiger partial charge is 0.342 e. The van der Waals surface area contributed by atoms with Gasteiger partial charge in [0.25, 0.3) is 5.91 Å². The number of aromatic nitrogens is 5. The van der Waals surface area contributed by atoms with Crippen molar-refractivity contribution in [3.05, 3.63) is 53.2 Å². The fraction of sp³-hybridized carbons (Fsp3) is 0.400. The number of hydrogen-bond donors (Lipinski definition) is 1. The molecule has 1 atom stereocenters. The number of halogens is 3. The Hall–Kier alpha value is -3.17. The molecule has 0 saturated carbocycles. The fourth-order valence-electron chi connectivity index (χ4n) is 4.12. The summed E-state index contributed by atoms with van der Waals surface area (Å²) in [6, 6.07) is 5.79. The van der Waals surface area contributed by atoms with Crippen LogP contribution in [0.3, 0.4) is 0 Å². The van der Waals surface area contributed by atoms with Gasteiger partial charge in [-0.3, -0.25) is 19.1 Å². The van der Waals surface area contributed by atoms with Crippen LogP contribution in [0.2, 0.25) is 0 Å². The molecule has 0 spiro atoms. The van der Waals surface area contributed by atoms with Crippen molar-refractivity contribution in [3.8, 4) is 11.3 Å². The topological polar surface area (TPSA) is 77.6 Å². The maximum Gasteiger partial charge on any atom is 0.433 e. The second-order valence-electron chi connectivity index (χ2n) is 7.62. The number of amides is 1. The highest BCUT2D eigenvalue weighted by Gasteiger charge is 2.33. The van der Waals surface area contributed by atoms with Crippen LogP contribution in [0.4, 0.5) is 13.2 Å². The van der Waals surface area contributed by atoms with E-state index in [1.165, 1.54) is 6.07 Å². The van der Waals surface area contributed by atoms with Crippen LogP contribution in [0.5, 0.6) is 0 Å². The van der Waals surface area contributed by atoms with Crippen LogP contribution in [0.15, 0.2) is 30.5 Å². The van der Waals surface area contributed by atoms with E-state index in [0.29, 0.717) is 23.5 Å². The van der Waals surface area contributed by atoms with Gasteiger partial charge in [0.1, 0.15) is 11.4 Å². The molecule has 5 rings (SSSR count). The largest absolute Gasteiger partial charge is 0.433 e. The van der Waals surface area contributed by atoms with E-state index < -0.39 is 11.9 Å². The molecule has 0 bridgehead atoms. The first kappa shape index (κ1) is 18.8. The molecular weight excluding hydrogens is 397 g/mol. The van der Waals surface area contributed by atoms with Crippen LogP contribution in [0.1, 0.15) is 52.9 Å². The molecule has 0 aliphatic carbocycles. The summed E-state index contributed by atoms with van der Waals surface area (Å²) in [6.45, 7) is 1.48. The third kappa shape index (κ3) is 3.35. The number of nitrogens with one attached hydrogen (secondary N) is 1. The van der Waals surface area contributed by atoms with Crippen molar-refractivity contribution in [3.63, 3.8) is 0 Å². The van der Waals surface area contributed by atoms with Gasteiger partial charge in [0, 0.05) is 30.5 Å². The Labute approximate surface area is 169 Å². The minimum Gasteiger partial charge on any atom is -0.342 e. The number of fused-ring (bicyclic) bond motifs is 2. The molecule has 5 heterocycles. The molecule has 156 valence electrons. The molecule has 0 aromatic carbocycles. The predicted molar refractivity (Wildman–Crippen MR) is 100 cm³/mol. The van der Waals surface area contributed by atoms with E-state index in [0.717, 1.165) is 55.9 Å². The lowest BCUT2D eigenvalue weighted by Gasteiger charge is -2.24. The Morgan fingerprint density at radius 1 is 1.10 bits per heavy atom. The maximum atomic E-state index is 13.0. The standard InChI is InChI=1S/C20H19F3N6O/c21-20(22,23)18-9-12(5-6-24-18)15-11-17-14(4-2-8-29(17)26-15)25-19(30)16-10-13-3-1-7-28(13)27-16/h5-6,9-11,14H,1-4,7-8H2,(H,25,30). The predicted octanol–water partition coefficient (Wildman–Crippen LogP) is 3.37. The first-order valence-corrected chi connectivity index (χ1v) is 9.87. The zero-order chi connectivity index (χ0) is 20.9. The van der Waals surface area contributed by atoms with Gasteiger partial charge in [-0.15, -0.1) is 0 Å². The number of carbonyl (C=O) groups excluding carboxylic acids is 1. The van der Waals surface area contributed by atoms with Gasteiger partial charge < -0.3 is 5.32 Å². The molecule has 0 fully saturated rings. The maximum absolute atomic E-state index is 13.0. The van der Waals surface area contributed by atoms with E-state index in [1.54, 1.807) is 10.7 Å². The summed E-state index contributed by atoms with van der Waals surface area (Å²) in [5, 5.41) is 11.8. The third-order valence-electron chi connectivity index (χ3n) is 5.58. The van der Waals surface area contributed by atoms with E-state index in [-0.39, 0.29) is 11.9 Å². The first-order valence-electron chi connectivity index (χ1n) is 9.87. The highest BCUT2D eigenvalue weighted by Crippen LogP contribution is 2.33. The van der Waals surface area contributed by atoms with Gasteiger partial charge in [0.05, 0.1) is 17.4 Å². The highest BCUT2D eigenvalue weighted by molar-refractivity contribution is 5.92. The summed E-state index contributed by atoms with van der Waals surface area (Å²) < 4.78 is 42.6. The summed E-state index contributed by atoms with van der Waals surface area (Å²) in [6.07, 6.45) is 0.119. The van der Waals surface area contributed by atoms with Crippen molar-refractivity contribution in [2.75, 3.05) is 0 Å². The van der Waals surface area contributed by atoms with Gasteiger partial charge in [-0.05, 0) is 49.9 Å². The van der Waals surface area contributed by atoms with E-state index in [9.17, 15) is 18.0 Å². The molecule has 7 nitrogen and oxygen atoms in total. The van der Waals surface area contributed by atoms with Crippen molar-refractivity contribution < 1.29 is 18.0 Å². The molecule has 0 saturated heterocycles. The van der Waals surface area contributed by atoms with Crippen LogP contribution in [0, 0.1) is 0 Å². The minimum absolute atomic E-state index is 0.249. The van der Waals surface area contributed by atoms with E-state index in [2.05, 4.69) is 20.5 Å². The number of aryl methyl sites for hydroxylation is 3. The number of alkyl halides is 3. The Morgan fingerprint density at radius 2 is 1.93 bits per heavy atom. The lowest BCUT2D eigenvalue weighted by molar-refractivity contribution is -0.141. The molecule has 1 N–H and O–H groups in total. The average Bonchev–Trinajstić information content (AvgIpc) is 3.42. The van der Waals surface area contributed by atoms with Gasteiger partial charge >= 0.3 is 6.18 Å². The van der Waals surface area contributed by atoms with Crippen molar-refractivity contribution in [2.45, 2.75) is 51.0 Å². The Kier molecular flexibility index (Phi) is 4.37. The van der Waals surface area contributed by atoms with Gasteiger partial charge in [0.2, 0.25) is 0 Å². The van der Waals surface area contributed by atoms with E-state index in [4.69, 9.17) is 0 Å². The van der Waals surface area contributed by atoms with Gasteiger partial charge in [-0.2, -0.15) is 23.4 Å². The fourth-order valence-corrected chi connectivity index (χ4v) is 4.12. The molecule has 1 amide bonds. The summed E-state index contributed by atoms with van der Waals surface area (Å²) >= 11 is 0. The Balaban J connectivity index is 1.40. The number of rotatable bonds is 3. The van der Waals surface area contributed by atoms with Crippen molar-refractivity contribution >= 4 is 5.91 Å². The van der Waals surface area contributed by atoms with Crippen LogP contribution in [0.25, 0.3) is 11.3 Å². The molecule has 3 aromatic rings. The number of hydrogen-bond acceptors (Lipinski definition) is 4. The number of carbonyl (C=O) groups is 1. The minimum atomic E-state index is -4.52. The quantitative estimate of drug-likeness (QED) is 0.710. The summed E-state index contributed by atoms with van der Waals surface area (Å²) in [7, 11) is 0. The molecule has 3 aromatic heterocycles. The summed E-state index contributed by atoms with van der Waals surface area (Å²) in [5.74, 6) is -0.249. The second-order valence-corrected chi connectivity index (χ2v) is 7.62. The number of nitrogens with zero attached hydrogens (tertiary/aromatic N) is 5. The van der Waals surface area contributed by atoms with Crippen LogP contribution in [-0.4, -0.2) is 30.5 Å². The molecule has 1 unspecified atom stereocenters. The number of pyridine rings is 1. The van der Waals surface area contributed by atoms with Gasteiger partial charge in [0.15, 0.2) is 0 Å². The van der Waals surface area contributed by atoms with E-state index in [1.807, 2.05) is 10.7 Å². The SMILES string of the molecule is O=C(NC1CCCn2nc(-c3ccnc(C(F)(F)F)c3)cc21)c1cc2n(n1)CCC2. The molecule has 0 radical (unpaired) electrons. The van der Waals surface area contributed by atoms with E-state index >= 15 is 0 Å². The van der Waals surface area contributed by atoms with Crippen LogP contribution < -0.4 is 5.32 Å². The summed E-state index contributed by atoms with van der Waals surface area (Å²) in [4.78, 5) is 16.1. The van der Waals surface area contributed by atoms with Crippen molar-refractivity contribution in [1.82, 2.24) is 29.9 Å². The summed E-state index contributed by atoms with van der Waals surface area (Å²) in [5.41, 5.74) is 2.06. The Bertz CT molecular complexity index is 1090. The molecule has 2 aliphatic rings. The normalized spacial score (nSPS) is 18.2. The zero-order valence-corrected chi connectivity index (χ0v) is 16.0. The molecule has 2 aliphatic heterocycles. The second kappa shape index (κ2) is 6.96. The Morgan fingerprint density at radius 3 is 2.73 bits per heavy atom. The lowest BCUT2D eigenvalue weighted by Crippen LogP contribution is -2.33. The monoisotopic (exact) mass is 416 g/mol. The van der Waals surface area contributed by atoms with Crippen molar-refractivity contribution in [1.29, 1.82) is 0 Å². The van der Waals surface area contributed by atoms with Crippen LogP contribution in [-0.2, 0) is 25.7 Å². The van der Waals surface area contributed by atoms with Crippen molar-refractivity contribution in [2.24, 2.45) is 0 Å². The highest BCUT2D eigenvalue weighted by atomic mass is 19.4. The first-order chi connectivity index (χ1) is 14.4.